The summed E-state index contributed by atoms with van der Waals surface area (Å²) < 4.78 is 20.3. The van der Waals surface area contributed by atoms with Crippen molar-refractivity contribution in [3.8, 4) is 0 Å². The zero-order valence-corrected chi connectivity index (χ0v) is 11.3. The lowest BCUT2D eigenvalue weighted by atomic mass is 9.90. The van der Waals surface area contributed by atoms with Gasteiger partial charge in [-0.2, -0.15) is 5.10 Å². The maximum absolute atomic E-state index is 11.2. The molecule has 4 nitrogen and oxygen atoms in total. The van der Waals surface area contributed by atoms with Gasteiger partial charge in [0.05, 0.1) is 6.20 Å². The minimum atomic E-state index is -2.36. The molecule has 1 N–H and O–H groups in total. The summed E-state index contributed by atoms with van der Waals surface area (Å²) in [5.74, 6) is 0.442. The predicted molar refractivity (Wildman–Crippen MR) is 67.2 cm³/mol. The lowest BCUT2D eigenvalue weighted by molar-refractivity contribution is 0.578. The van der Waals surface area contributed by atoms with Crippen molar-refractivity contribution in [3.63, 3.8) is 0 Å². The highest BCUT2D eigenvalue weighted by Gasteiger charge is 2.15. The van der Waals surface area contributed by atoms with E-state index in [1.165, 1.54) is 11.8 Å². The van der Waals surface area contributed by atoms with Gasteiger partial charge in [0.25, 0.3) is 0 Å². The first-order chi connectivity index (χ1) is 7.18. The predicted octanol–water partition coefficient (Wildman–Crippen LogP) is 2.25. The average molecular weight is 243 g/mol. The van der Waals surface area contributed by atoms with Crippen molar-refractivity contribution in [1.29, 1.82) is 4.78 Å². The zero-order chi connectivity index (χ0) is 12.4. The Morgan fingerprint density at radius 1 is 1.50 bits per heavy atom. The largest absolute Gasteiger partial charge is 0.272 e. The van der Waals surface area contributed by atoms with Gasteiger partial charge in [-0.25, -0.2) is 0 Å². The third kappa shape index (κ3) is 4.35. The van der Waals surface area contributed by atoms with Crippen LogP contribution in [0.15, 0.2) is 12.4 Å². The second kappa shape index (κ2) is 4.57. The molecule has 0 amide bonds. The van der Waals surface area contributed by atoms with Crippen LogP contribution >= 0.6 is 0 Å². The first-order valence-corrected chi connectivity index (χ1v) is 7.56. The van der Waals surface area contributed by atoms with E-state index in [1.54, 1.807) is 0 Å². The van der Waals surface area contributed by atoms with E-state index in [0.29, 0.717) is 5.75 Å². The minimum Gasteiger partial charge on any atom is -0.272 e. The van der Waals surface area contributed by atoms with E-state index < -0.39 is 9.73 Å². The number of nitrogens with zero attached hydrogens (tertiary/aromatic N) is 2. The molecule has 0 spiro atoms. The topological polar surface area (TPSA) is 58.7 Å². The Hall–Kier alpha value is -0.840. The first kappa shape index (κ1) is 13.2. The van der Waals surface area contributed by atoms with E-state index in [1.807, 2.05) is 17.1 Å². The first-order valence-electron chi connectivity index (χ1n) is 5.43. The highest BCUT2D eigenvalue weighted by atomic mass is 32.2. The molecule has 0 saturated heterocycles. The van der Waals surface area contributed by atoms with Crippen LogP contribution in [0.3, 0.4) is 0 Å². The fourth-order valence-electron chi connectivity index (χ4n) is 1.38. The summed E-state index contributed by atoms with van der Waals surface area (Å²) in [6.45, 7) is 7.19. The Bertz CT molecular complexity index is 440. The molecular formula is C11H21N3OS. The molecule has 0 aliphatic rings. The van der Waals surface area contributed by atoms with Gasteiger partial charge in [-0.15, -0.1) is 0 Å². The number of rotatable bonds is 4. The monoisotopic (exact) mass is 243 g/mol. The lowest BCUT2D eigenvalue weighted by Crippen LogP contribution is -2.10. The fourth-order valence-corrected chi connectivity index (χ4v) is 2.06. The van der Waals surface area contributed by atoms with E-state index in [4.69, 9.17) is 4.78 Å². The molecule has 0 saturated carbocycles. The van der Waals surface area contributed by atoms with Gasteiger partial charge in [0, 0.05) is 34.5 Å². The molecule has 16 heavy (non-hydrogen) atoms. The van der Waals surface area contributed by atoms with Gasteiger partial charge in [0.1, 0.15) is 0 Å². The van der Waals surface area contributed by atoms with Crippen LogP contribution in [0, 0.1) is 4.78 Å². The molecule has 5 heteroatoms. The van der Waals surface area contributed by atoms with E-state index in [0.717, 1.165) is 13.0 Å². The molecule has 0 radical (unpaired) electrons. The molecule has 0 aliphatic heterocycles. The van der Waals surface area contributed by atoms with Gasteiger partial charge >= 0.3 is 0 Å². The third-order valence-corrected chi connectivity index (χ3v) is 3.49. The Balaban J connectivity index is 2.54. The third-order valence-electron chi connectivity index (χ3n) is 2.42. The van der Waals surface area contributed by atoms with Crippen LogP contribution in [0.25, 0.3) is 0 Å². The maximum atomic E-state index is 11.2. The Labute approximate surface area is 98.0 Å². The van der Waals surface area contributed by atoms with Gasteiger partial charge < -0.3 is 0 Å². The molecule has 92 valence electrons. The summed E-state index contributed by atoms with van der Waals surface area (Å²) >= 11 is 0. The molecule has 0 aliphatic carbocycles. The van der Waals surface area contributed by atoms with Crippen molar-refractivity contribution in [2.75, 3.05) is 12.0 Å². The second-order valence-electron chi connectivity index (χ2n) is 5.30. The van der Waals surface area contributed by atoms with Crippen molar-refractivity contribution in [2.45, 2.75) is 39.2 Å². The molecule has 1 rings (SSSR count). The van der Waals surface area contributed by atoms with E-state index in [-0.39, 0.29) is 5.41 Å². The molecule has 0 fully saturated rings. The molecule has 1 atom stereocenters. The van der Waals surface area contributed by atoms with Gasteiger partial charge in [0.15, 0.2) is 0 Å². The zero-order valence-electron chi connectivity index (χ0n) is 10.5. The van der Waals surface area contributed by atoms with Crippen molar-refractivity contribution in [2.24, 2.45) is 0 Å². The maximum Gasteiger partial charge on any atom is 0.0527 e. The number of hydrogen-bond acceptors (Lipinski definition) is 3. The number of nitrogens with one attached hydrogen (secondary N) is 1. The Morgan fingerprint density at radius 2 is 2.12 bits per heavy atom. The molecular weight excluding hydrogens is 222 g/mol. The van der Waals surface area contributed by atoms with Crippen LogP contribution in [0.1, 0.15) is 32.8 Å². The SMILES string of the molecule is CC(C)(C)c1cnn(CCCS(C)(=N)=O)c1. The molecule has 1 unspecified atom stereocenters. The average Bonchev–Trinajstić information content (AvgIpc) is 2.49. The highest BCUT2D eigenvalue weighted by molar-refractivity contribution is 7.91. The summed E-state index contributed by atoms with van der Waals surface area (Å²) in [6.07, 6.45) is 6.13. The van der Waals surface area contributed by atoms with Crippen molar-refractivity contribution >= 4 is 9.73 Å². The summed E-state index contributed by atoms with van der Waals surface area (Å²) in [7, 11) is -2.36. The standard InChI is InChI=1S/C11H21N3OS/c1-11(2,3)10-8-13-14(9-10)6-5-7-16(4,12)15/h8-9,12H,5-7H2,1-4H3. The molecule has 1 heterocycles. The molecule has 0 bridgehead atoms. The van der Waals surface area contributed by atoms with Gasteiger partial charge in [-0.3, -0.25) is 13.7 Å². The van der Waals surface area contributed by atoms with E-state index >= 15 is 0 Å². The quantitative estimate of drug-likeness (QED) is 0.881. The van der Waals surface area contributed by atoms with Gasteiger partial charge in [-0.1, -0.05) is 20.8 Å². The number of aryl methyl sites for hydroxylation is 1. The van der Waals surface area contributed by atoms with Crippen molar-refractivity contribution in [1.82, 2.24) is 9.78 Å². The summed E-state index contributed by atoms with van der Waals surface area (Å²) in [4.78, 5) is 0. The van der Waals surface area contributed by atoms with Crippen LogP contribution < -0.4 is 0 Å². The van der Waals surface area contributed by atoms with Crippen LogP contribution in [0.2, 0.25) is 0 Å². The normalized spacial score (nSPS) is 16.0. The highest BCUT2D eigenvalue weighted by Crippen LogP contribution is 2.20. The Kier molecular flexibility index (Phi) is 3.78. The summed E-state index contributed by atoms with van der Waals surface area (Å²) in [5.41, 5.74) is 1.32. The molecule has 0 aromatic carbocycles. The smallest absolute Gasteiger partial charge is 0.0527 e. The molecule has 1 aromatic rings. The van der Waals surface area contributed by atoms with Crippen molar-refractivity contribution < 1.29 is 4.21 Å². The number of hydrogen-bond donors (Lipinski definition) is 1. The second-order valence-corrected chi connectivity index (χ2v) is 7.72. The van der Waals surface area contributed by atoms with Crippen molar-refractivity contribution in [3.05, 3.63) is 18.0 Å². The minimum absolute atomic E-state index is 0.117. The lowest BCUT2D eigenvalue weighted by Gasteiger charge is -2.15. The Morgan fingerprint density at radius 3 is 2.56 bits per heavy atom. The fraction of sp³-hybridized carbons (Fsp3) is 0.727. The van der Waals surface area contributed by atoms with E-state index in [9.17, 15) is 4.21 Å². The van der Waals surface area contributed by atoms with E-state index in [2.05, 4.69) is 25.9 Å². The molecule has 1 aromatic heterocycles. The van der Waals surface area contributed by atoms with Crippen LogP contribution in [0.4, 0.5) is 0 Å². The summed E-state index contributed by atoms with van der Waals surface area (Å²) in [6, 6.07) is 0. The van der Waals surface area contributed by atoms with Crippen LogP contribution in [-0.4, -0.2) is 26.0 Å². The van der Waals surface area contributed by atoms with Gasteiger partial charge in [0.2, 0.25) is 0 Å². The van der Waals surface area contributed by atoms with Gasteiger partial charge in [-0.05, 0) is 17.4 Å². The van der Waals surface area contributed by atoms with Crippen LogP contribution in [-0.2, 0) is 21.7 Å². The van der Waals surface area contributed by atoms with Crippen LogP contribution in [0.5, 0.6) is 0 Å². The number of aromatic nitrogens is 2. The summed E-state index contributed by atoms with van der Waals surface area (Å²) in [5, 5.41) is 4.26.